The maximum atomic E-state index is 6.16. The minimum Gasteiger partial charge on any atom is -0.308 e. The van der Waals surface area contributed by atoms with Crippen LogP contribution in [0.1, 0.15) is 22.2 Å². The van der Waals surface area contributed by atoms with Gasteiger partial charge in [0.2, 0.25) is 0 Å². The summed E-state index contributed by atoms with van der Waals surface area (Å²) in [5, 5.41) is 6.09. The van der Waals surface area contributed by atoms with Gasteiger partial charge in [0.1, 0.15) is 0 Å². The van der Waals surface area contributed by atoms with Crippen molar-refractivity contribution in [3.05, 3.63) is 50.9 Å². The van der Waals surface area contributed by atoms with Gasteiger partial charge in [-0.1, -0.05) is 11.6 Å². The van der Waals surface area contributed by atoms with E-state index in [1.165, 1.54) is 10.4 Å². The van der Waals surface area contributed by atoms with Crippen molar-refractivity contribution in [3.8, 4) is 0 Å². The van der Waals surface area contributed by atoms with E-state index >= 15 is 0 Å². The van der Waals surface area contributed by atoms with Crippen molar-refractivity contribution in [2.45, 2.75) is 13.0 Å². The summed E-state index contributed by atoms with van der Waals surface area (Å²) >= 11 is 7.89. The summed E-state index contributed by atoms with van der Waals surface area (Å²) in [6, 6.07) is 5.94. The second-order valence-corrected chi connectivity index (χ2v) is 5.11. The van der Waals surface area contributed by atoms with Gasteiger partial charge in [0, 0.05) is 11.1 Å². The third kappa shape index (κ3) is 2.26. The molecule has 0 fully saturated rings. The van der Waals surface area contributed by atoms with E-state index in [0.29, 0.717) is 5.02 Å². The molecule has 0 aliphatic rings. The number of hydrogen-bond acceptors (Lipinski definition) is 3. The Labute approximate surface area is 104 Å². The summed E-state index contributed by atoms with van der Waals surface area (Å²) in [7, 11) is 1.92. The molecule has 16 heavy (non-hydrogen) atoms. The van der Waals surface area contributed by atoms with E-state index in [-0.39, 0.29) is 6.04 Å². The fourth-order valence-corrected chi connectivity index (χ4v) is 2.65. The summed E-state index contributed by atoms with van der Waals surface area (Å²) in [4.78, 5) is 5.64. The molecule has 0 aliphatic carbocycles. The van der Waals surface area contributed by atoms with E-state index in [1.807, 2.05) is 19.2 Å². The number of aryl methyl sites for hydroxylation is 1. The van der Waals surface area contributed by atoms with E-state index < -0.39 is 0 Å². The van der Waals surface area contributed by atoms with Crippen LogP contribution >= 0.6 is 22.9 Å². The van der Waals surface area contributed by atoms with Crippen LogP contribution in [0.3, 0.4) is 0 Å². The Hall–Kier alpha value is -0.900. The highest BCUT2D eigenvalue weighted by atomic mass is 35.5. The average molecular weight is 253 g/mol. The van der Waals surface area contributed by atoms with Crippen molar-refractivity contribution in [2.24, 2.45) is 0 Å². The Morgan fingerprint density at radius 1 is 1.50 bits per heavy atom. The zero-order chi connectivity index (χ0) is 11.5. The Morgan fingerprint density at radius 3 is 2.88 bits per heavy atom. The van der Waals surface area contributed by atoms with Crippen LogP contribution in [0, 0.1) is 6.92 Å². The summed E-state index contributed by atoms with van der Waals surface area (Å²) in [5.41, 5.74) is 2.09. The largest absolute Gasteiger partial charge is 0.308 e. The standard InChI is InChI=1S/C12H13ClN2S/c1-8-6-9(7-16-8)11(14-2)12-10(13)4-3-5-15-12/h3-7,11,14H,1-2H3. The van der Waals surface area contributed by atoms with Gasteiger partial charge in [0.15, 0.2) is 0 Å². The molecule has 4 heteroatoms. The first-order chi connectivity index (χ1) is 7.72. The van der Waals surface area contributed by atoms with E-state index in [2.05, 4.69) is 28.7 Å². The van der Waals surface area contributed by atoms with Crippen LogP contribution in [-0.2, 0) is 0 Å². The highest BCUT2D eigenvalue weighted by Crippen LogP contribution is 2.28. The molecule has 0 spiro atoms. The number of halogens is 1. The summed E-state index contributed by atoms with van der Waals surface area (Å²) in [5.74, 6) is 0. The fraction of sp³-hybridized carbons (Fsp3) is 0.250. The van der Waals surface area contributed by atoms with Crippen LogP contribution in [0.5, 0.6) is 0 Å². The molecule has 84 valence electrons. The molecular weight excluding hydrogens is 240 g/mol. The molecule has 1 unspecified atom stereocenters. The van der Waals surface area contributed by atoms with E-state index in [9.17, 15) is 0 Å². The lowest BCUT2D eigenvalue weighted by molar-refractivity contribution is 0.673. The van der Waals surface area contributed by atoms with Gasteiger partial charge in [-0.15, -0.1) is 11.3 Å². The molecule has 2 aromatic rings. The maximum Gasteiger partial charge on any atom is 0.0804 e. The molecule has 2 nitrogen and oxygen atoms in total. The molecule has 0 bridgehead atoms. The number of nitrogens with one attached hydrogen (secondary N) is 1. The quantitative estimate of drug-likeness (QED) is 0.906. The normalized spacial score (nSPS) is 12.7. The Bertz CT molecular complexity index is 481. The fourth-order valence-electron chi connectivity index (χ4n) is 1.69. The first-order valence-corrected chi connectivity index (χ1v) is 6.31. The van der Waals surface area contributed by atoms with Crippen LogP contribution in [0.15, 0.2) is 29.8 Å². The Morgan fingerprint density at radius 2 is 2.31 bits per heavy atom. The molecule has 0 radical (unpaired) electrons. The zero-order valence-corrected chi connectivity index (χ0v) is 10.8. The lowest BCUT2D eigenvalue weighted by Crippen LogP contribution is -2.18. The molecule has 1 N–H and O–H groups in total. The van der Waals surface area contributed by atoms with Crippen LogP contribution < -0.4 is 5.32 Å². The number of aromatic nitrogens is 1. The van der Waals surface area contributed by atoms with Crippen molar-refractivity contribution < 1.29 is 0 Å². The minimum absolute atomic E-state index is 0.0682. The highest BCUT2D eigenvalue weighted by molar-refractivity contribution is 7.10. The molecule has 0 amide bonds. The van der Waals surface area contributed by atoms with E-state index in [0.717, 1.165) is 5.69 Å². The number of hydrogen-bond donors (Lipinski definition) is 1. The van der Waals surface area contributed by atoms with Crippen LogP contribution in [0.25, 0.3) is 0 Å². The molecule has 0 aliphatic heterocycles. The van der Waals surface area contributed by atoms with Crippen molar-refractivity contribution in [1.29, 1.82) is 0 Å². The predicted molar refractivity (Wildman–Crippen MR) is 69.2 cm³/mol. The molecule has 0 saturated heterocycles. The molecule has 0 saturated carbocycles. The molecule has 2 rings (SSSR count). The van der Waals surface area contributed by atoms with Crippen LogP contribution in [0.4, 0.5) is 0 Å². The Balaban J connectivity index is 2.40. The number of rotatable bonds is 3. The number of thiophene rings is 1. The molecule has 0 aromatic carbocycles. The highest BCUT2D eigenvalue weighted by Gasteiger charge is 2.17. The second kappa shape index (κ2) is 4.95. The molecule has 2 heterocycles. The molecule has 2 aromatic heterocycles. The summed E-state index contributed by atoms with van der Waals surface area (Å²) in [6.07, 6.45) is 1.77. The minimum atomic E-state index is 0.0682. The van der Waals surface area contributed by atoms with Gasteiger partial charge in [-0.05, 0) is 43.1 Å². The topological polar surface area (TPSA) is 24.9 Å². The van der Waals surface area contributed by atoms with E-state index in [1.54, 1.807) is 17.5 Å². The maximum absolute atomic E-state index is 6.16. The summed E-state index contributed by atoms with van der Waals surface area (Å²) < 4.78 is 0. The summed E-state index contributed by atoms with van der Waals surface area (Å²) in [6.45, 7) is 2.10. The van der Waals surface area contributed by atoms with Crippen molar-refractivity contribution >= 4 is 22.9 Å². The van der Waals surface area contributed by atoms with Gasteiger partial charge in [-0.2, -0.15) is 0 Å². The zero-order valence-electron chi connectivity index (χ0n) is 9.20. The van der Waals surface area contributed by atoms with Crippen molar-refractivity contribution in [2.75, 3.05) is 7.05 Å². The first kappa shape index (κ1) is 11.6. The van der Waals surface area contributed by atoms with Gasteiger partial charge in [0.05, 0.1) is 16.8 Å². The predicted octanol–water partition coefficient (Wildman–Crippen LogP) is 3.41. The van der Waals surface area contributed by atoms with Crippen molar-refractivity contribution in [1.82, 2.24) is 10.3 Å². The van der Waals surface area contributed by atoms with Crippen LogP contribution in [0.2, 0.25) is 5.02 Å². The van der Waals surface area contributed by atoms with Crippen LogP contribution in [-0.4, -0.2) is 12.0 Å². The Kier molecular flexibility index (Phi) is 3.59. The molecular formula is C12H13ClN2S. The smallest absolute Gasteiger partial charge is 0.0804 e. The third-order valence-corrected chi connectivity index (χ3v) is 3.63. The molecule has 1 atom stereocenters. The lowest BCUT2D eigenvalue weighted by Gasteiger charge is -2.15. The monoisotopic (exact) mass is 252 g/mol. The van der Waals surface area contributed by atoms with E-state index in [4.69, 9.17) is 11.6 Å². The van der Waals surface area contributed by atoms with Gasteiger partial charge < -0.3 is 5.32 Å². The second-order valence-electron chi connectivity index (χ2n) is 3.58. The van der Waals surface area contributed by atoms with Crippen molar-refractivity contribution in [3.63, 3.8) is 0 Å². The number of nitrogens with zero attached hydrogens (tertiary/aromatic N) is 1. The van der Waals surface area contributed by atoms with Gasteiger partial charge in [-0.3, -0.25) is 4.98 Å². The van der Waals surface area contributed by atoms with Gasteiger partial charge >= 0.3 is 0 Å². The SMILES string of the molecule is CNC(c1csc(C)c1)c1ncccc1Cl. The lowest BCUT2D eigenvalue weighted by atomic mass is 10.1. The third-order valence-electron chi connectivity index (χ3n) is 2.43. The first-order valence-electron chi connectivity index (χ1n) is 5.05. The van der Waals surface area contributed by atoms with Gasteiger partial charge in [-0.25, -0.2) is 0 Å². The van der Waals surface area contributed by atoms with Gasteiger partial charge in [0.25, 0.3) is 0 Å². The number of pyridine rings is 1. The average Bonchev–Trinajstić information content (AvgIpc) is 2.69.